The predicted octanol–water partition coefficient (Wildman–Crippen LogP) is 1.19. The van der Waals surface area contributed by atoms with E-state index in [0.717, 1.165) is 0 Å². The van der Waals surface area contributed by atoms with E-state index in [1.807, 2.05) is 0 Å². The molecule has 19 heavy (non-hydrogen) atoms. The van der Waals surface area contributed by atoms with Crippen LogP contribution in [0.25, 0.3) is 0 Å². The van der Waals surface area contributed by atoms with Gasteiger partial charge in [0.15, 0.2) is 17.3 Å². The number of aliphatic hydroxyl groups excluding tert-OH is 1. The van der Waals surface area contributed by atoms with Crippen LogP contribution in [0.1, 0.15) is 24.2 Å². The highest BCUT2D eigenvalue weighted by Gasteiger charge is 2.20. The Bertz CT molecular complexity index is 467. The molecule has 104 valence electrons. The van der Waals surface area contributed by atoms with Crippen LogP contribution in [0.15, 0.2) is 12.1 Å². The molecular weight excluding hydrogens is 252 g/mol. The molecule has 1 atom stereocenters. The molecule has 0 aliphatic carbocycles. The molecule has 1 N–H and O–H groups in total. The highest BCUT2D eigenvalue weighted by atomic mass is 16.6. The van der Waals surface area contributed by atoms with E-state index in [4.69, 9.17) is 14.2 Å². The van der Waals surface area contributed by atoms with Crippen molar-refractivity contribution in [1.82, 2.24) is 0 Å². The van der Waals surface area contributed by atoms with Crippen LogP contribution in [-0.2, 0) is 4.79 Å². The lowest BCUT2D eigenvalue weighted by atomic mass is 10.1. The summed E-state index contributed by atoms with van der Waals surface area (Å²) in [7, 11) is 2.75. The summed E-state index contributed by atoms with van der Waals surface area (Å²) in [5.41, 5.74) is 0.208. The Morgan fingerprint density at radius 1 is 1.16 bits per heavy atom. The third-order valence-corrected chi connectivity index (χ3v) is 2.37. The lowest BCUT2D eigenvalue weighted by molar-refractivity contribution is -0.132. The monoisotopic (exact) mass is 268 g/mol. The lowest BCUT2D eigenvalue weighted by Gasteiger charge is -2.14. The van der Waals surface area contributed by atoms with Gasteiger partial charge in [0.25, 0.3) is 0 Å². The minimum Gasteiger partial charge on any atom is -0.493 e. The molecule has 0 spiro atoms. The number of hydrogen-bond acceptors (Lipinski definition) is 6. The van der Waals surface area contributed by atoms with E-state index in [-0.39, 0.29) is 22.8 Å². The molecule has 0 radical (unpaired) electrons. The van der Waals surface area contributed by atoms with Crippen LogP contribution >= 0.6 is 0 Å². The molecule has 0 aliphatic heterocycles. The molecule has 0 saturated heterocycles. The maximum Gasteiger partial charge on any atom is 0.308 e. The van der Waals surface area contributed by atoms with E-state index in [2.05, 4.69) is 0 Å². The number of ether oxygens (including phenoxy) is 3. The normalized spacial score (nSPS) is 11.6. The number of benzene rings is 1. The minimum absolute atomic E-state index is 0.0969. The average Bonchev–Trinajstić information content (AvgIpc) is 2.37. The molecule has 0 saturated carbocycles. The van der Waals surface area contributed by atoms with Crippen LogP contribution in [0.5, 0.6) is 17.2 Å². The standard InChI is InChI=1S/C13H16O6/c1-7(14)12(16)9-5-10(17-3)13(19-8(2)15)11(6-9)18-4/h5-7,14H,1-4H3. The Morgan fingerprint density at radius 3 is 1.95 bits per heavy atom. The van der Waals surface area contributed by atoms with Gasteiger partial charge in [-0.1, -0.05) is 0 Å². The van der Waals surface area contributed by atoms with Crippen molar-refractivity contribution in [2.24, 2.45) is 0 Å². The van der Waals surface area contributed by atoms with Crippen LogP contribution in [-0.4, -0.2) is 37.2 Å². The Labute approximate surface area is 110 Å². The van der Waals surface area contributed by atoms with E-state index >= 15 is 0 Å². The summed E-state index contributed by atoms with van der Waals surface area (Å²) in [6.45, 7) is 2.61. The summed E-state index contributed by atoms with van der Waals surface area (Å²) in [6.07, 6.45) is -1.14. The van der Waals surface area contributed by atoms with Gasteiger partial charge in [0.2, 0.25) is 5.75 Å². The van der Waals surface area contributed by atoms with Crippen molar-refractivity contribution in [3.05, 3.63) is 17.7 Å². The quantitative estimate of drug-likeness (QED) is 0.491. The first-order chi connectivity index (χ1) is 8.90. The molecule has 0 bridgehead atoms. The van der Waals surface area contributed by atoms with Gasteiger partial charge < -0.3 is 19.3 Å². The van der Waals surface area contributed by atoms with Gasteiger partial charge >= 0.3 is 5.97 Å². The van der Waals surface area contributed by atoms with Crippen molar-refractivity contribution < 1.29 is 28.9 Å². The predicted molar refractivity (Wildman–Crippen MR) is 66.9 cm³/mol. The zero-order valence-corrected chi connectivity index (χ0v) is 11.2. The molecule has 0 fully saturated rings. The molecule has 0 aromatic heterocycles. The molecule has 6 nitrogen and oxygen atoms in total. The fourth-order valence-corrected chi connectivity index (χ4v) is 1.51. The van der Waals surface area contributed by atoms with Gasteiger partial charge in [-0.05, 0) is 19.1 Å². The second-order valence-corrected chi connectivity index (χ2v) is 3.84. The molecule has 1 aromatic rings. The highest BCUT2D eigenvalue weighted by molar-refractivity contribution is 6.00. The first-order valence-electron chi connectivity index (χ1n) is 5.57. The number of aliphatic hydroxyl groups is 1. The summed E-state index contributed by atoms with van der Waals surface area (Å²) in [5.74, 6) is -0.561. The number of hydrogen-bond donors (Lipinski definition) is 1. The van der Waals surface area contributed by atoms with Gasteiger partial charge in [-0.2, -0.15) is 0 Å². The summed E-state index contributed by atoms with van der Waals surface area (Å²) in [4.78, 5) is 22.8. The van der Waals surface area contributed by atoms with Crippen LogP contribution in [0, 0.1) is 0 Å². The van der Waals surface area contributed by atoms with Gasteiger partial charge in [-0.15, -0.1) is 0 Å². The highest BCUT2D eigenvalue weighted by Crippen LogP contribution is 2.38. The van der Waals surface area contributed by atoms with E-state index in [1.54, 1.807) is 0 Å². The van der Waals surface area contributed by atoms with E-state index in [1.165, 1.54) is 40.2 Å². The first kappa shape index (κ1) is 15.0. The zero-order chi connectivity index (χ0) is 14.6. The average molecular weight is 268 g/mol. The number of carbonyl (C=O) groups excluding carboxylic acids is 2. The largest absolute Gasteiger partial charge is 0.493 e. The summed E-state index contributed by atoms with van der Waals surface area (Å²) in [5, 5.41) is 9.30. The number of carbonyl (C=O) groups is 2. The van der Waals surface area contributed by atoms with Gasteiger partial charge in [0.1, 0.15) is 6.10 Å². The number of methoxy groups -OCH3 is 2. The molecule has 0 aliphatic rings. The van der Waals surface area contributed by atoms with Crippen LogP contribution in [0.3, 0.4) is 0 Å². The van der Waals surface area contributed by atoms with Crippen molar-refractivity contribution >= 4 is 11.8 Å². The summed E-state index contributed by atoms with van der Waals surface area (Å²) >= 11 is 0. The molecular formula is C13H16O6. The van der Waals surface area contributed by atoms with Crippen molar-refractivity contribution in [3.63, 3.8) is 0 Å². The fourth-order valence-electron chi connectivity index (χ4n) is 1.51. The number of Topliss-reactive ketones (excluding diaryl/α,β-unsaturated/α-hetero) is 1. The fraction of sp³-hybridized carbons (Fsp3) is 0.385. The molecule has 6 heteroatoms. The zero-order valence-electron chi connectivity index (χ0n) is 11.2. The maximum absolute atomic E-state index is 11.7. The molecule has 1 rings (SSSR count). The molecule has 1 aromatic carbocycles. The summed E-state index contributed by atoms with van der Waals surface area (Å²) in [6, 6.07) is 2.77. The van der Waals surface area contributed by atoms with Crippen molar-refractivity contribution in [2.45, 2.75) is 20.0 Å². The number of ketones is 1. The second-order valence-electron chi connectivity index (χ2n) is 3.84. The Morgan fingerprint density at radius 2 is 1.63 bits per heavy atom. The topological polar surface area (TPSA) is 82.1 Å². The van der Waals surface area contributed by atoms with Crippen LogP contribution in [0.4, 0.5) is 0 Å². The smallest absolute Gasteiger partial charge is 0.308 e. The van der Waals surface area contributed by atoms with Crippen molar-refractivity contribution in [2.75, 3.05) is 14.2 Å². The number of rotatable bonds is 5. The van der Waals surface area contributed by atoms with Crippen molar-refractivity contribution in [3.8, 4) is 17.2 Å². The van der Waals surface area contributed by atoms with Crippen LogP contribution < -0.4 is 14.2 Å². The van der Waals surface area contributed by atoms with E-state index < -0.39 is 17.9 Å². The first-order valence-corrected chi connectivity index (χ1v) is 5.57. The van der Waals surface area contributed by atoms with Gasteiger partial charge in [0.05, 0.1) is 14.2 Å². The summed E-state index contributed by atoms with van der Waals surface area (Å²) < 4.78 is 15.1. The Hall–Kier alpha value is -2.08. The van der Waals surface area contributed by atoms with Gasteiger partial charge in [0, 0.05) is 12.5 Å². The number of esters is 1. The second kappa shape index (κ2) is 6.19. The third-order valence-electron chi connectivity index (χ3n) is 2.37. The van der Waals surface area contributed by atoms with Crippen LogP contribution in [0.2, 0.25) is 0 Å². The third kappa shape index (κ3) is 3.45. The van der Waals surface area contributed by atoms with Gasteiger partial charge in [-0.3, -0.25) is 9.59 Å². The minimum atomic E-state index is -1.14. The molecule has 1 unspecified atom stereocenters. The Kier molecular flexibility index (Phi) is 4.88. The van der Waals surface area contributed by atoms with E-state index in [9.17, 15) is 14.7 Å². The van der Waals surface area contributed by atoms with Crippen molar-refractivity contribution in [1.29, 1.82) is 0 Å². The van der Waals surface area contributed by atoms with Gasteiger partial charge in [-0.25, -0.2) is 0 Å². The molecule has 0 amide bonds. The molecule has 0 heterocycles. The Balaban J connectivity index is 3.35. The maximum atomic E-state index is 11.7. The van der Waals surface area contributed by atoms with E-state index in [0.29, 0.717) is 0 Å². The lowest BCUT2D eigenvalue weighted by Crippen LogP contribution is -2.16. The SMILES string of the molecule is COc1cc(C(=O)C(C)O)cc(OC)c1OC(C)=O.